The lowest BCUT2D eigenvalue weighted by Crippen LogP contribution is -2.14. The maximum atomic E-state index is 11.3. The Kier molecular flexibility index (Phi) is 3.93. The molecule has 0 unspecified atom stereocenters. The zero-order chi connectivity index (χ0) is 14.7. The van der Waals surface area contributed by atoms with Gasteiger partial charge in [-0.05, 0) is 26.0 Å². The van der Waals surface area contributed by atoms with Crippen LogP contribution in [-0.4, -0.2) is 26.0 Å². The molecule has 1 aromatic carbocycles. The molecule has 0 aliphatic heterocycles. The van der Waals surface area contributed by atoms with Crippen molar-refractivity contribution in [3.63, 3.8) is 0 Å². The summed E-state index contributed by atoms with van der Waals surface area (Å²) in [6.45, 7) is 3.80. The predicted molar refractivity (Wildman–Crippen MR) is 72.0 cm³/mol. The molecule has 0 fully saturated rings. The molecule has 0 radical (unpaired) electrons. The minimum absolute atomic E-state index is 0.0457. The molecule has 0 aliphatic carbocycles. The highest BCUT2D eigenvalue weighted by Crippen LogP contribution is 2.20. The van der Waals surface area contributed by atoms with Crippen LogP contribution in [0.25, 0.3) is 0 Å². The number of ether oxygens (including phenoxy) is 1. The summed E-state index contributed by atoms with van der Waals surface area (Å²) in [5.74, 6) is -0.469. The van der Waals surface area contributed by atoms with Crippen molar-refractivity contribution in [2.45, 2.75) is 26.5 Å². The van der Waals surface area contributed by atoms with Crippen molar-refractivity contribution in [1.82, 2.24) is 9.78 Å². The van der Waals surface area contributed by atoms with E-state index in [2.05, 4.69) is 5.10 Å². The monoisotopic (exact) mass is 276 g/mol. The molecule has 0 amide bonds. The molecular formula is C14H16N2O4. The maximum Gasteiger partial charge on any atom is 0.354 e. The highest BCUT2D eigenvalue weighted by Gasteiger charge is 2.19. The van der Waals surface area contributed by atoms with Crippen molar-refractivity contribution in [3.8, 4) is 11.5 Å². The molecule has 0 saturated carbocycles. The van der Waals surface area contributed by atoms with Gasteiger partial charge < -0.3 is 14.9 Å². The third-order valence-electron chi connectivity index (χ3n) is 2.77. The molecule has 0 bridgehead atoms. The van der Waals surface area contributed by atoms with Crippen LogP contribution < -0.4 is 4.74 Å². The van der Waals surface area contributed by atoms with Crippen LogP contribution in [0, 0.1) is 0 Å². The Morgan fingerprint density at radius 1 is 1.45 bits per heavy atom. The van der Waals surface area contributed by atoms with Gasteiger partial charge in [0.15, 0.2) is 5.69 Å². The zero-order valence-corrected chi connectivity index (χ0v) is 11.3. The number of aromatic hydroxyl groups is 1. The number of nitrogens with zero attached hydrogens (tertiary/aromatic N) is 2. The van der Waals surface area contributed by atoms with E-state index in [0.29, 0.717) is 11.3 Å². The van der Waals surface area contributed by atoms with Crippen molar-refractivity contribution in [1.29, 1.82) is 0 Å². The lowest BCUT2D eigenvalue weighted by Gasteiger charge is -2.10. The average molecular weight is 276 g/mol. The van der Waals surface area contributed by atoms with Crippen LogP contribution in [0.2, 0.25) is 0 Å². The van der Waals surface area contributed by atoms with Crippen LogP contribution in [0.4, 0.5) is 0 Å². The molecule has 1 aromatic heterocycles. The quantitative estimate of drug-likeness (QED) is 0.876. The zero-order valence-electron chi connectivity index (χ0n) is 11.3. The summed E-state index contributed by atoms with van der Waals surface area (Å²) in [4.78, 5) is 11.3. The molecule has 6 nitrogen and oxygen atoms in total. The lowest BCUT2D eigenvalue weighted by atomic mass is 10.2. The molecule has 0 atom stereocenters. The van der Waals surface area contributed by atoms with E-state index in [1.807, 2.05) is 13.8 Å². The predicted octanol–water partition coefficient (Wildman–Crippen LogP) is 2.45. The largest absolute Gasteiger partial charge is 0.508 e. The highest BCUT2D eigenvalue weighted by atomic mass is 16.5. The topological polar surface area (TPSA) is 84.6 Å². The van der Waals surface area contributed by atoms with Gasteiger partial charge in [0.2, 0.25) is 0 Å². The van der Waals surface area contributed by atoms with Gasteiger partial charge in [-0.1, -0.05) is 6.07 Å². The molecule has 1 heterocycles. The first-order chi connectivity index (χ1) is 9.49. The number of benzene rings is 1. The number of hydrogen-bond acceptors (Lipinski definition) is 4. The molecule has 6 heteroatoms. The van der Waals surface area contributed by atoms with E-state index in [1.165, 1.54) is 23.0 Å². The SMILES string of the molecule is CC(C)n1ncc(COc2cccc(O)c2)c1C(=O)O. The summed E-state index contributed by atoms with van der Waals surface area (Å²) in [5, 5.41) is 22.7. The van der Waals surface area contributed by atoms with E-state index in [-0.39, 0.29) is 24.1 Å². The maximum absolute atomic E-state index is 11.3. The highest BCUT2D eigenvalue weighted by molar-refractivity contribution is 5.87. The Balaban J connectivity index is 2.19. The summed E-state index contributed by atoms with van der Waals surface area (Å²) < 4.78 is 6.93. The standard InChI is InChI=1S/C14H16N2O4/c1-9(2)16-13(14(18)19)10(7-15-16)8-20-12-5-3-4-11(17)6-12/h3-7,9,17H,8H2,1-2H3,(H,18,19). The number of carbonyl (C=O) groups is 1. The van der Waals surface area contributed by atoms with Gasteiger partial charge in [-0.25, -0.2) is 4.79 Å². The Hall–Kier alpha value is -2.50. The number of carboxylic acid groups (broad SMARTS) is 1. The van der Waals surface area contributed by atoms with Gasteiger partial charge >= 0.3 is 5.97 Å². The summed E-state index contributed by atoms with van der Waals surface area (Å²) in [7, 11) is 0. The van der Waals surface area contributed by atoms with Gasteiger partial charge in [-0.2, -0.15) is 5.10 Å². The van der Waals surface area contributed by atoms with Crippen molar-refractivity contribution in [2.75, 3.05) is 0 Å². The second kappa shape index (κ2) is 5.64. The fourth-order valence-electron chi connectivity index (χ4n) is 1.86. The number of phenolic OH excluding ortho intramolecular Hbond substituents is 1. The average Bonchev–Trinajstić information content (AvgIpc) is 2.80. The van der Waals surface area contributed by atoms with E-state index >= 15 is 0 Å². The third-order valence-corrected chi connectivity index (χ3v) is 2.77. The summed E-state index contributed by atoms with van der Waals surface area (Å²) in [5.41, 5.74) is 0.620. The lowest BCUT2D eigenvalue weighted by molar-refractivity contribution is 0.0678. The van der Waals surface area contributed by atoms with Crippen molar-refractivity contribution in [3.05, 3.63) is 41.7 Å². The van der Waals surface area contributed by atoms with Gasteiger partial charge in [0.1, 0.15) is 18.1 Å². The third kappa shape index (κ3) is 2.90. The number of phenols is 1. The molecule has 2 rings (SSSR count). The molecule has 2 aromatic rings. The smallest absolute Gasteiger partial charge is 0.354 e. The van der Waals surface area contributed by atoms with Crippen LogP contribution in [0.15, 0.2) is 30.5 Å². The van der Waals surface area contributed by atoms with E-state index in [9.17, 15) is 15.0 Å². The van der Waals surface area contributed by atoms with Crippen LogP contribution >= 0.6 is 0 Å². The fourth-order valence-corrected chi connectivity index (χ4v) is 1.86. The summed E-state index contributed by atoms with van der Waals surface area (Å²) in [6.07, 6.45) is 1.49. The van der Waals surface area contributed by atoms with Gasteiger partial charge in [-0.3, -0.25) is 4.68 Å². The van der Waals surface area contributed by atoms with Gasteiger partial charge in [0, 0.05) is 17.7 Å². The van der Waals surface area contributed by atoms with Crippen molar-refractivity contribution in [2.24, 2.45) is 0 Å². The second-order valence-corrected chi connectivity index (χ2v) is 4.65. The minimum atomic E-state index is -1.04. The van der Waals surface area contributed by atoms with Crippen molar-refractivity contribution >= 4 is 5.97 Å². The first kappa shape index (κ1) is 13.9. The van der Waals surface area contributed by atoms with E-state index in [4.69, 9.17) is 4.74 Å². The minimum Gasteiger partial charge on any atom is -0.508 e. The summed E-state index contributed by atoms with van der Waals surface area (Å²) >= 11 is 0. The Bertz CT molecular complexity index is 619. The fraction of sp³-hybridized carbons (Fsp3) is 0.286. The van der Waals surface area contributed by atoms with Crippen LogP contribution in [0.1, 0.15) is 35.9 Å². The van der Waals surface area contributed by atoms with Crippen LogP contribution in [-0.2, 0) is 6.61 Å². The molecule has 0 spiro atoms. The van der Waals surface area contributed by atoms with Crippen molar-refractivity contribution < 1.29 is 19.7 Å². The Morgan fingerprint density at radius 3 is 2.80 bits per heavy atom. The number of carboxylic acids is 1. The molecular weight excluding hydrogens is 260 g/mol. The molecule has 20 heavy (non-hydrogen) atoms. The van der Waals surface area contributed by atoms with E-state index in [1.54, 1.807) is 12.1 Å². The van der Waals surface area contributed by atoms with Gasteiger partial charge in [0.05, 0.1) is 6.20 Å². The van der Waals surface area contributed by atoms with Gasteiger partial charge in [-0.15, -0.1) is 0 Å². The molecule has 2 N–H and O–H groups in total. The summed E-state index contributed by atoms with van der Waals surface area (Å²) in [6, 6.07) is 6.29. The molecule has 0 saturated heterocycles. The first-order valence-electron chi connectivity index (χ1n) is 6.20. The normalized spacial score (nSPS) is 10.8. The molecule has 0 aliphatic rings. The Labute approximate surface area is 116 Å². The first-order valence-corrected chi connectivity index (χ1v) is 6.20. The number of aromatic carboxylic acids is 1. The number of hydrogen-bond donors (Lipinski definition) is 2. The van der Waals surface area contributed by atoms with Crippen LogP contribution in [0.3, 0.4) is 0 Å². The number of rotatable bonds is 5. The van der Waals surface area contributed by atoms with Gasteiger partial charge in [0.25, 0.3) is 0 Å². The van der Waals surface area contributed by atoms with E-state index < -0.39 is 5.97 Å². The van der Waals surface area contributed by atoms with Crippen LogP contribution in [0.5, 0.6) is 11.5 Å². The number of aromatic nitrogens is 2. The second-order valence-electron chi connectivity index (χ2n) is 4.65. The Morgan fingerprint density at radius 2 is 2.20 bits per heavy atom. The molecule has 106 valence electrons. The van der Waals surface area contributed by atoms with E-state index in [0.717, 1.165) is 0 Å².